The Labute approximate surface area is 126 Å². The van der Waals surface area contributed by atoms with E-state index in [9.17, 15) is 4.79 Å². The van der Waals surface area contributed by atoms with Crippen LogP contribution in [0, 0.1) is 0 Å². The maximum Gasteiger partial charge on any atom is 0.241 e. The second-order valence-electron chi connectivity index (χ2n) is 5.59. The molecule has 0 spiro atoms. The van der Waals surface area contributed by atoms with E-state index in [4.69, 9.17) is 10.5 Å². The number of likely N-dealkylation sites (N-methyl/N-ethyl adjacent to an activating group) is 1. The summed E-state index contributed by atoms with van der Waals surface area (Å²) in [6.45, 7) is 2.15. The highest BCUT2D eigenvalue weighted by Gasteiger charge is 2.28. The number of nitrogens with zero attached hydrogens (tertiary/aromatic N) is 2. The number of piperidine rings is 1. The quantitative estimate of drug-likeness (QED) is 0.882. The number of ether oxygens (including phenoxy) is 1. The zero-order valence-electron chi connectivity index (χ0n) is 12.9. The van der Waals surface area contributed by atoms with Crippen LogP contribution in [0.3, 0.4) is 0 Å². The summed E-state index contributed by atoms with van der Waals surface area (Å²) in [6.07, 6.45) is 2.10. The van der Waals surface area contributed by atoms with Gasteiger partial charge in [0.15, 0.2) is 0 Å². The van der Waals surface area contributed by atoms with Gasteiger partial charge in [0.2, 0.25) is 5.91 Å². The molecule has 1 heterocycles. The predicted molar refractivity (Wildman–Crippen MR) is 84.3 cm³/mol. The van der Waals surface area contributed by atoms with Gasteiger partial charge in [0.05, 0.1) is 6.61 Å². The van der Waals surface area contributed by atoms with Gasteiger partial charge in [0.25, 0.3) is 0 Å². The van der Waals surface area contributed by atoms with Crippen molar-refractivity contribution >= 4 is 11.6 Å². The molecule has 1 amide bonds. The molecule has 5 nitrogen and oxygen atoms in total. The molecule has 2 unspecified atom stereocenters. The third-order valence-electron chi connectivity index (χ3n) is 4.08. The molecule has 2 N–H and O–H groups in total. The molecule has 0 aromatic heterocycles. The highest BCUT2D eigenvalue weighted by Crippen LogP contribution is 2.21. The Kier molecular flexibility index (Phi) is 5.59. The number of rotatable bonds is 5. The number of benzene rings is 1. The largest absolute Gasteiger partial charge is 0.383 e. The fraction of sp³-hybridized carbons (Fsp3) is 0.562. The number of hydrogen-bond acceptors (Lipinski definition) is 4. The molecule has 1 aromatic rings. The third kappa shape index (κ3) is 3.95. The first kappa shape index (κ1) is 15.8. The van der Waals surface area contributed by atoms with Gasteiger partial charge in [0, 0.05) is 39.0 Å². The van der Waals surface area contributed by atoms with Gasteiger partial charge in [-0.25, -0.2) is 0 Å². The Bertz CT molecular complexity index is 452. The van der Waals surface area contributed by atoms with E-state index in [1.807, 2.05) is 25.2 Å². The van der Waals surface area contributed by atoms with Crippen molar-refractivity contribution < 1.29 is 9.53 Å². The van der Waals surface area contributed by atoms with Gasteiger partial charge in [-0.3, -0.25) is 4.79 Å². The molecule has 1 saturated heterocycles. The van der Waals surface area contributed by atoms with Crippen molar-refractivity contribution in [1.82, 2.24) is 4.90 Å². The maximum atomic E-state index is 12.3. The molecule has 21 heavy (non-hydrogen) atoms. The normalized spacial score (nSPS) is 20.1. The molecule has 116 valence electrons. The Morgan fingerprint density at radius 2 is 2.19 bits per heavy atom. The lowest BCUT2D eigenvalue weighted by Gasteiger charge is -2.39. The van der Waals surface area contributed by atoms with Crippen molar-refractivity contribution in [2.24, 2.45) is 5.73 Å². The van der Waals surface area contributed by atoms with Gasteiger partial charge in [-0.15, -0.1) is 0 Å². The minimum atomic E-state index is -0.577. The van der Waals surface area contributed by atoms with Gasteiger partial charge < -0.3 is 20.3 Å². The lowest BCUT2D eigenvalue weighted by atomic mass is 10.0. The summed E-state index contributed by atoms with van der Waals surface area (Å²) < 4.78 is 4.97. The zero-order valence-corrected chi connectivity index (χ0v) is 12.9. The van der Waals surface area contributed by atoms with E-state index < -0.39 is 6.04 Å². The van der Waals surface area contributed by atoms with Gasteiger partial charge in [0.1, 0.15) is 6.04 Å². The van der Waals surface area contributed by atoms with Crippen molar-refractivity contribution in [3.63, 3.8) is 0 Å². The number of methoxy groups -OCH3 is 1. The summed E-state index contributed by atoms with van der Waals surface area (Å²) >= 11 is 0. The molecule has 0 saturated carbocycles. The Hall–Kier alpha value is -1.59. The van der Waals surface area contributed by atoms with Crippen LogP contribution >= 0.6 is 0 Å². The molecule has 1 fully saturated rings. The first-order chi connectivity index (χ1) is 10.1. The molecular weight excluding hydrogens is 266 g/mol. The van der Waals surface area contributed by atoms with Crippen LogP contribution in [-0.2, 0) is 9.53 Å². The molecule has 2 atom stereocenters. The summed E-state index contributed by atoms with van der Waals surface area (Å²) in [6, 6.07) is 9.96. The van der Waals surface area contributed by atoms with Crippen LogP contribution in [0.2, 0.25) is 0 Å². The highest BCUT2D eigenvalue weighted by molar-refractivity contribution is 5.82. The van der Waals surface area contributed by atoms with Gasteiger partial charge >= 0.3 is 0 Å². The van der Waals surface area contributed by atoms with E-state index >= 15 is 0 Å². The van der Waals surface area contributed by atoms with E-state index in [0.717, 1.165) is 25.9 Å². The Balaban J connectivity index is 1.99. The van der Waals surface area contributed by atoms with E-state index in [1.54, 1.807) is 12.0 Å². The van der Waals surface area contributed by atoms with Gasteiger partial charge in [-0.2, -0.15) is 0 Å². The molecule has 5 heteroatoms. The first-order valence-corrected chi connectivity index (χ1v) is 7.44. The number of amides is 1. The topological polar surface area (TPSA) is 58.8 Å². The first-order valence-electron chi connectivity index (χ1n) is 7.44. The van der Waals surface area contributed by atoms with Crippen LogP contribution in [0.25, 0.3) is 0 Å². The molecule has 1 aliphatic heterocycles. The van der Waals surface area contributed by atoms with Crippen molar-refractivity contribution in [2.75, 3.05) is 38.8 Å². The van der Waals surface area contributed by atoms with Crippen LogP contribution in [0.5, 0.6) is 0 Å². The minimum Gasteiger partial charge on any atom is -0.383 e. The van der Waals surface area contributed by atoms with Crippen LogP contribution in [0.15, 0.2) is 30.3 Å². The lowest BCUT2D eigenvalue weighted by molar-refractivity contribution is -0.134. The van der Waals surface area contributed by atoms with Gasteiger partial charge in [-0.05, 0) is 25.0 Å². The molecule has 2 rings (SSSR count). The molecule has 0 radical (unpaired) electrons. The summed E-state index contributed by atoms with van der Waals surface area (Å²) in [5.41, 5.74) is 7.06. The zero-order chi connectivity index (χ0) is 15.2. The molecule has 0 bridgehead atoms. The molecule has 1 aromatic carbocycles. The van der Waals surface area contributed by atoms with Gasteiger partial charge in [-0.1, -0.05) is 18.2 Å². The average molecular weight is 291 g/mol. The fourth-order valence-corrected chi connectivity index (χ4v) is 2.84. The molecule has 1 aliphatic rings. The summed E-state index contributed by atoms with van der Waals surface area (Å²) in [4.78, 5) is 16.4. The van der Waals surface area contributed by atoms with E-state index in [-0.39, 0.29) is 18.6 Å². The van der Waals surface area contributed by atoms with Crippen LogP contribution in [0.1, 0.15) is 12.8 Å². The summed E-state index contributed by atoms with van der Waals surface area (Å²) in [7, 11) is 3.40. The smallest absolute Gasteiger partial charge is 0.241 e. The number of carbonyl (C=O) groups is 1. The lowest BCUT2D eigenvalue weighted by Crippen LogP contribution is -2.53. The standard InChI is InChI=1S/C16H25N3O2/c1-18(16(20)15(17)12-21-2)14-9-6-10-19(11-14)13-7-4-3-5-8-13/h3-5,7-8,14-15H,6,9-12,17H2,1-2H3. The Morgan fingerprint density at radius 3 is 2.86 bits per heavy atom. The van der Waals surface area contributed by atoms with E-state index in [1.165, 1.54) is 5.69 Å². The van der Waals surface area contributed by atoms with E-state index in [2.05, 4.69) is 17.0 Å². The second kappa shape index (κ2) is 7.43. The second-order valence-corrected chi connectivity index (χ2v) is 5.59. The Morgan fingerprint density at radius 1 is 1.48 bits per heavy atom. The van der Waals surface area contributed by atoms with Crippen molar-refractivity contribution in [1.29, 1.82) is 0 Å². The summed E-state index contributed by atoms with van der Waals surface area (Å²) in [5.74, 6) is -0.0447. The number of anilines is 1. The van der Waals surface area contributed by atoms with Crippen LogP contribution in [0.4, 0.5) is 5.69 Å². The van der Waals surface area contributed by atoms with Crippen molar-refractivity contribution in [3.05, 3.63) is 30.3 Å². The van der Waals surface area contributed by atoms with Crippen LogP contribution in [-0.4, -0.2) is 56.7 Å². The number of nitrogens with two attached hydrogens (primary N) is 1. The number of carbonyl (C=O) groups excluding carboxylic acids is 1. The molecular formula is C16H25N3O2. The maximum absolute atomic E-state index is 12.3. The number of hydrogen-bond donors (Lipinski definition) is 1. The van der Waals surface area contributed by atoms with E-state index in [0.29, 0.717) is 0 Å². The number of para-hydroxylation sites is 1. The van der Waals surface area contributed by atoms with Crippen LogP contribution < -0.4 is 10.6 Å². The summed E-state index contributed by atoms with van der Waals surface area (Å²) in [5, 5.41) is 0. The minimum absolute atomic E-state index is 0.0447. The average Bonchev–Trinajstić information content (AvgIpc) is 2.54. The van der Waals surface area contributed by atoms with Crippen molar-refractivity contribution in [3.8, 4) is 0 Å². The SMILES string of the molecule is COCC(N)C(=O)N(C)C1CCCN(c2ccccc2)C1. The van der Waals surface area contributed by atoms with Crippen molar-refractivity contribution in [2.45, 2.75) is 24.9 Å². The fourth-order valence-electron chi connectivity index (χ4n) is 2.84. The highest BCUT2D eigenvalue weighted by atomic mass is 16.5. The molecule has 0 aliphatic carbocycles. The predicted octanol–water partition coefficient (Wildman–Crippen LogP) is 1.09. The monoisotopic (exact) mass is 291 g/mol. The third-order valence-corrected chi connectivity index (χ3v) is 4.08.